The van der Waals surface area contributed by atoms with Crippen LogP contribution in [-0.2, 0) is 20.7 Å². The second-order valence-electron chi connectivity index (χ2n) is 5.08. The van der Waals surface area contributed by atoms with Crippen LogP contribution in [0.1, 0.15) is 25.3 Å². The largest absolute Gasteiger partial charge is 0.481 e. The monoisotopic (exact) mass is 323 g/mol. The molecule has 3 N–H and O–H groups in total. The van der Waals surface area contributed by atoms with Crippen molar-refractivity contribution in [3.63, 3.8) is 0 Å². The third-order valence-electron chi connectivity index (χ3n) is 3.29. The molecule has 0 saturated heterocycles. The Labute approximate surface area is 134 Å². The Morgan fingerprint density at radius 3 is 2.30 bits per heavy atom. The van der Waals surface area contributed by atoms with E-state index in [2.05, 4.69) is 5.32 Å². The number of hydrogen-bond donors (Lipinski definition) is 3. The van der Waals surface area contributed by atoms with Crippen molar-refractivity contribution in [2.45, 2.75) is 32.2 Å². The van der Waals surface area contributed by atoms with E-state index in [0.717, 1.165) is 6.42 Å². The maximum absolute atomic E-state index is 11.6. The SMILES string of the molecule is CCCCOC(=O)NC(C(=O)O)C(Cc1ccccc1)C(=O)O. The highest BCUT2D eigenvalue weighted by Gasteiger charge is 2.35. The minimum absolute atomic E-state index is 0.0115. The van der Waals surface area contributed by atoms with Crippen LogP contribution in [0.25, 0.3) is 0 Å². The molecule has 0 aliphatic rings. The van der Waals surface area contributed by atoms with Crippen LogP contribution in [0.3, 0.4) is 0 Å². The molecule has 7 heteroatoms. The average molecular weight is 323 g/mol. The number of aliphatic carboxylic acids is 2. The molecule has 1 aromatic carbocycles. The number of ether oxygens (including phenoxy) is 1. The Morgan fingerprint density at radius 2 is 1.78 bits per heavy atom. The highest BCUT2D eigenvalue weighted by atomic mass is 16.5. The lowest BCUT2D eigenvalue weighted by Crippen LogP contribution is -2.49. The molecule has 0 aliphatic heterocycles. The smallest absolute Gasteiger partial charge is 0.407 e. The Bertz CT molecular complexity index is 531. The lowest BCUT2D eigenvalue weighted by Gasteiger charge is -2.21. The Hall–Kier alpha value is -2.57. The van der Waals surface area contributed by atoms with Gasteiger partial charge in [-0.05, 0) is 18.4 Å². The number of amides is 1. The van der Waals surface area contributed by atoms with Crippen LogP contribution in [0.5, 0.6) is 0 Å². The maximum Gasteiger partial charge on any atom is 0.407 e. The normalized spacial score (nSPS) is 12.9. The van der Waals surface area contributed by atoms with Gasteiger partial charge in [0.2, 0.25) is 0 Å². The molecule has 0 bridgehead atoms. The number of carbonyl (C=O) groups is 3. The van der Waals surface area contributed by atoms with Crippen LogP contribution in [0.4, 0.5) is 4.79 Å². The number of alkyl carbamates (subject to hydrolysis) is 1. The minimum atomic E-state index is -1.57. The van der Waals surface area contributed by atoms with Crippen molar-refractivity contribution in [2.24, 2.45) is 5.92 Å². The van der Waals surface area contributed by atoms with E-state index in [4.69, 9.17) is 4.74 Å². The van der Waals surface area contributed by atoms with Gasteiger partial charge in [0, 0.05) is 0 Å². The lowest BCUT2D eigenvalue weighted by atomic mass is 9.92. The molecule has 0 heterocycles. The van der Waals surface area contributed by atoms with Gasteiger partial charge in [0.25, 0.3) is 0 Å². The molecule has 1 aromatic rings. The lowest BCUT2D eigenvalue weighted by molar-refractivity contribution is -0.150. The quantitative estimate of drug-likeness (QED) is 0.598. The molecule has 7 nitrogen and oxygen atoms in total. The zero-order valence-electron chi connectivity index (χ0n) is 12.9. The van der Waals surface area contributed by atoms with Gasteiger partial charge in [0.05, 0.1) is 12.5 Å². The summed E-state index contributed by atoms with van der Waals surface area (Å²) in [5, 5.41) is 20.7. The summed E-state index contributed by atoms with van der Waals surface area (Å²) in [5.74, 6) is -4.01. The van der Waals surface area contributed by atoms with Crippen LogP contribution in [0.15, 0.2) is 30.3 Å². The second kappa shape index (κ2) is 9.45. The van der Waals surface area contributed by atoms with E-state index < -0.39 is 30.0 Å². The van der Waals surface area contributed by atoms with Crippen LogP contribution < -0.4 is 5.32 Å². The molecule has 126 valence electrons. The number of nitrogens with one attached hydrogen (secondary N) is 1. The summed E-state index contributed by atoms with van der Waals surface area (Å²) in [6.07, 6.45) is 0.534. The van der Waals surface area contributed by atoms with Gasteiger partial charge in [0.1, 0.15) is 6.04 Å². The molecule has 23 heavy (non-hydrogen) atoms. The average Bonchev–Trinajstić information content (AvgIpc) is 2.51. The summed E-state index contributed by atoms with van der Waals surface area (Å²) in [7, 11) is 0. The number of unbranched alkanes of at least 4 members (excludes halogenated alkanes) is 1. The number of rotatable bonds is 9. The van der Waals surface area contributed by atoms with Crippen molar-refractivity contribution in [3.05, 3.63) is 35.9 Å². The number of carboxylic acids is 2. The molecule has 0 radical (unpaired) electrons. The molecule has 1 amide bonds. The fraction of sp³-hybridized carbons (Fsp3) is 0.438. The predicted molar refractivity (Wildman–Crippen MR) is 82.1 cm³/mol. The van der Waals surface area contributed by atoms with Gasteiger partial charge >= 0.3 is 18.0 Å². The zero-order valence-corrected chi connectivity index (χ0v) is 12.9. The first-order valence-electron chi connectivity index (χ1n) is 7.38. The topological polar surface area (TPSA) is 113 Å². The molecule has 0 fully saturated rings. The number of carboxylic acid groups (broad SMARTS) is 2. The van der Waals surface area contributed by atoms with Gasteiger partial charge in [0.15, 0.2) is 0 Å². The second-order valence-corrected chi connectivity index (χ2v) is 5.08. The van der Waals surface area contributed by atoms with Gasteiger partial charge in [-0.1, -0.05) is 43.7 Å². The maximum atomic E-state index is 11.6. The van der Waals surface area contributed by atoms with E-state index in [-0.39, 0.29) is 13.0 Å². The molecule has 0 aliphatic carbocycles. The molecule has 2 atom stereocenters. The van der Waals surface area contributed by atoms with Gasteiger partial charge < -0.3 is 20.3 Å². The Balaban J connectivity index is 2.79. The summed E-state index contributed by atoms with van der Waals surface area (Å²) in [6.45, 7) is 2.08. The molecule has 2 unspecified atom stereocenters. The number of hydrogen-bond acceptors (Lipinski definition) is 4. The van der Waals surface area contributed by atoms with Crippen molar-refractivity contribution < 1.29 is 29.3 Å². The molecule has 0 spiro atoms. The van der Waals surface area contributed by atoms with Crippen LogP contribution in [-0.4, -0.2) is 40.9 Å². The first kappa shape index (κ1) is 18.5. The van der Waals surface area contributed by atoms with Crippen molar-refractivity contribution in [1.82, 2.24) is 5.32 Å². The van der Waals surface area contributed by atoms with E-state index in [1.165, 1.54) is 0 Å². The van der Waals surface area contributed by atoms with Crippen LogP contribution in [0.2, 0.25) is 0 Å². The highest BCUT2D eigenvalue weighted by Crippen LogP contribution is 2.14. The molecule has 1 rings (SSSR count). The third-order valence-corrected chi connectivity index (χ3v) is 3.29. The summed E-state index contributed by atoms with van der Waals surface area (Å²) < 4.78 is 4.84. The van der Waals surface area contributed by atoms with Crippen LogP contribution in [0, 0.1) is 5.92 Å². The summed E-state index contributed by atoms with van der Waals surface area (Å²) >= 11 is 0. The van der Waals surface area contributed by atoms with E-state index in [9.17, 15) is 24.6 Å². The fourth-order valence-corrected chi connectivity index (χ4v) is 2.03. The highest BCUT2D eigenvalue weighted by molar-refractivity contribution is 5.86. The minimum Gasteiger partial charge on any atom is -0.481 e. The number of benzene rings is 1. The van der Waals surface area contributed by atoms with Gasteiger partial charge in [-0.3, -0.25) is 4.79 Å². The fourth-order valence-electron chi connectivity index (χ4n) is 2.03. The van der Waals surface area contributed by atoms with Crippen molar-refractivity contribution in [3.8, 4) is 0 Å². The van der Waals surface area contributed by atoms with Crippen LogP contribution >= 0.6 is 0 Å². The molecule has 0 saturated carbocycles. The van der Waals surface area contributed by atoms with E-state index >= 15 is 0 Å². The Morgan fingerprint density at radius 1 is 1.13 bits per heavy atom. The van der Waals surface area contributed by atoms with Crippen molar-refractivity contribution >= 4 is 18.0 Å². The summed E-state index contributed by atoms with van der Waals surface area (Å²) in [6, 6.07) is 7.08. The third kappa shape index (κ3) is 6.37. The standard InChI is InChI=1S/C16H21NO6/c1-2-3-9-23-16(22)17-13(15(20)21)12(14(18)19)10-11-7-5-4-6-8-11/h4-8,12-13H,2-3,9-10H2,1H3,(H,17,22)(H,18,19)(H,20,21). The Kier molecular flexibility index (Phi) is 7.59. The molecular formula is C16H21NO6. The molecule has 0 aromatic heterocycles. The molecular weight excluding hydrogens is 302 g/mol. The van der Waals surface area contributed by atoms with E-state index in [1.54, 1.807) is 30.3 Å². The van der Waals surface area contributed by atoms with Gasteiger partial charge in [-0.25, -0.2) is 9.59 Å². The van der Waals surface area contributed by atoms with Gasteiger partial charge in [-0.15, -0.1) is 0 Å². The van der Waals surface area contributed by atoms with E-state index in [1.807, 2.05) is 6.92 Å². The summed E-state index contributed by atoms with van der Waals surface area (Å²) in [5.41, 5.74) is 0.673. The first-order valence-corrected chi connectivity index (χ1v) is 7.38. The van der Waals surface area contributed by atoms with Crippen molar-refractivity contribution in [2.75, 3.05) is 6.61 Å². The summed E-state index contributed by atoms with van der Waals surface area (Å²) in [4.78, 5) is 34.4. The van der Waals surface area contributed by atoms with E-state index in [0.29, 0.717) is 12.0 Å². The first-order chi connectivity index (χ1) is 11.0. The van der Waals surface area contributed by atoms with Crippen molar-refractivity contribution in [1.29, 1.82) is 0 Å². The zero-order chi connectivity index (χ0) is 17.2. The van der Waals surface area contributed by atoms with Gasteiger partial charge in [-0.2, -0.15) is 0 Å². The number of carbonyl (C=O) groups excluding carboxylic acids is 1. The predicted octanol–water partition coefficient (Wildman–Crippen LogP) is 1.91.